The number of aromatic nitrogens is 2. The topological polar surface area (TPSA) is 114 Å². The van der Waals surface area contributed by atoms with E-state index in [-0.39, 0.29) is 5.82 Å². The van der Waals surface area contributed by atoms with E-state index in [4.69, 9.17) is 10.5 Å². The van der Waals surface area contributed by atoms with Crippen LogP contribution in [0.1, 0.15) is 40.9 Å². The minimum atomic E-state index is -0.508. The average molecular weight is 478 g/mol. The van der Waals surface area contributed by atoms with Crippen molar-refractivity contribution in [2.75, 3.05) is 43.9 Å². The second-order valence-electron chi connectivity index (χ2n) is 8.58. The summed E-state index contributed by atoms with van der Waals surface area (Å²) in [5, 5.41) is 0. The van der Waals surface area contributed by atoms with E-state index in [1.54, 1.807) is 12.1 Å². The van der Waals surface area contributed by atoms with Crippen molar-refractivity contribution < 1.29 is 9.53 Å². The summed E-state index contributed by atoms with van der Waals surface area (Å²) >= 11 is 0. The number of esters is 1. The van der Waals surface area contributed by atoms with Crippen molar-refractivity contribution in [1.82, 2.24) is 14.5 Å². The number of nitrogens with one attached hydrogen (secondary N) is 1. The zero-order valence-electron chi connectivity index (χ0n) is 20.1. The smallest absolute Gasteiger partial charge is 0.337 e. The van der Waals surface area contributed by atoms with Crippen molar-refractivity contribution in [3.05, 3.63) is 92.1 Å². The highest BCUT2D eigenvalue weighted by Gasteiger charge is 2.31. The Morgan fingerprint density at radius 2 is 1.69 bits per heavy atom. The van der Waals surface area contributed by atoms with Crippen LogP contribution in [0.4, 0.5) is 11.5 Å². The first kappa shape index (κ1) is 24.3. The number of carbonyl (C=O) groups excluding carboxylic acids is 1. The second kappa shape index (κ2) is 10.6. The van der Waals surface area contributed by atoms with Crippen LogP contribution in [0.15, 0.2) is 64.2 Å². The molecule has 3 aromatic rings. The van der Waals surface area contributed by atoms with Crippen LogP contribution >= 0.6 is 0 Å². The van der Waals surface area contributed by atoms with Gasteiger partial charge in [-0.2, -0.15) is 0 Å². The number of nitrogen functional groups attached to an aromatic ring is 1. The van der Waals surface area contributed by atoms with Crippen LogP contribution in [0.3, 0.4) is 0 Å². The van der Waals surface area contributed by atoms with Gasteiger partial charge in [0.25, 0.3) is 5.56 Å². The van der Waals surface area contributed by atoms with E-state index >= 15 is 0 Å². The number of H-pyrrole nitrogens is 1. The molecule has 2 aromatic carbocycles. The van der Waals surface area contributed by atoms with Gasteiger partial charge < -0.3 is 15.4 Å². The van der Waals surface area contributed by atoms with Gasteiger partial charge in [-0.1, -0.05) is 37.3 Å². The number of benzene rings is 2. The number of ether oxygens (including phenoxy) is 1. The molecule has 0 amide bonds. The van der Waals surface area contributed by atoms with Crippen LogP contribution < -0.4 is 21.9 Å². The van der Waals surface area contributed by atoms with Crippen molar-refractivity contribution in [1.29, 1.82) is 0 Å². The maximum atomic E-state index is 13.1. The first-order valence-electron chi connectivity index (χ1n) is 11.8. The monoisotopic (exact) mass is 477 g/mol. The minimum Gasteiger partial charge on any atom is -0.465 e. The molecule has 1 atom stereocenters. The van der Waals surface area contributed by atoms with Gasteiger partial charge in [0.1, 0.15) is 5.82 Å². The number of nitrogens with two attached hydrogens (primary N) is 1. The number of hydrogen-bond donors (Lipinski definition) is 2. The quantitative estimate of drug-likeness (QED) is 0.502. The molecule has 184 valence electrons. The van der Waals surface area contributed by atoms with Gasteiger partial charge in [0.2, 0.25) is 0 Å². The molecule has 0 aliphatic carbocycles. The summed E-state index contributed by atoms with van der Waals surface area (Å²) in [6.45, 7) is 5.27. The van der Waals surface area contributed by atoms with Gasteiger partial charge in [-0.05, 0) is 36.2 Å². The number of methoxy groups -OCH3 is 1. The number of rotatable bonds is 7. The number of hydrogen-bond acceptors (Lipinski definition) is 7. The predicted molar refractivity (Wildman–Crippen MR) is 136 cm³/mol. The Morgan fingerprint density at radius 1 is 1.03 bits per heavy atom. The van der Waals surface area contributed by atoms with Crippen LogP contribution in [0.5, 0.6) is 0 Å². The van der Waals surface area contributed by atoms with Crippen molar-refractivity contribution in [3.8, 4) is 0 Å². The number of nitrogens with zero attached hydrogens (tertiary/aromatic N) is 3. The van der Waals surface area contributed by atoms with Gasteiger partial charge in [-0.25, -0.2) is 9.59 Å². The van der Waals surface area contributed by atoms with E-state index in [9.17, 15) is 14.4 Å². The molecule has 1 fully saturated rings. The van der Waals surface area contributed by atoms with Crippen molar-refractivity contribution in [3.63, 3.8) is 0 Å². The third-order valence-corrected chi connectivity index (χ3v) is 6.45. The summed E-state index contributed by atoms with van der Waals surface area (Å²) in [5.74, 6) is -0.258. The molecule has 1 aliphatic rings. The summed E-state index contributed by atoms with van der Waals surface area (Å²) in [6, 6.07) is 16.7. The largest absolute Gasteiger partial charge is 0.465 e. The molecule has 35 heavy (non-hydrogen) atoms. The number of piperazine rings is 1. The number of para-hydroxylation sites is 1. The molecule has 1 aliphatic heterocycles. The van der Waals surface area contributed by atoms with Gasteiger partial charge in [-0.3, -0.25) is 19.2 Å². The fourth-order valence-electron chi connectivity index (χ4n) is 4.67. The molecule has 0 radical (unpaired) electrons. The lowest BCUT2D eigenvalue weighted by Gasteiger charge is -2.40. The summed E-state index contributed by atoms with van der Waals surface area (Å²) in [6.07, 6.45) is 0.698. The van der Waals surface area contributed by atoms with Crippen molar-refractivity contribution in [2.45, 2.75) is 25.9 Å². The number of anilines is 2. The summed E-state index contributed by atoms with van der Waals surface area (Å²) < 4.78 is 6.24. The summed E-state index contributed by atoms with van der Waals surface area (Å²) in [7, 11) is 1.34. The Hall–Kier alpha value is -3.85. The molecule has 1 unspecified atom stereocenters. The Balaban J connectivity index is 1.74. The molecule has 1 saturated heterocycles. The van der Waals surface area contributed by atoms with Crippen molar-refractivity contribution in [2.24, 2.45) is 0 Å². The number of carbonyl (C=O) groups is 1. The zero-order valence-corrected chi connectivity index (χ0v) is 20.1. The Morgan fingerprint density at radius 3 is 2.29 bits per heavy atom. The molecular weight excluding hydrogens is 446 g/mol. The van der Waals surface area contributed by atoms with E-state index in [1.807, 2.05) is 37.3 Å². The van der Waals surface area contributed by atoms with Crippen LogP contribution in [-0.4, -0.2) is 53.7 Å². The van der Waals surface area contributed by atoms with Gasteiger partial charge in [0.15, 0.2) is 0 Å². The minimum absolute atomic E-state index is 0.174. The Kier molecular flexibility index (Phi) is 7.36. The molecule has 3 N–H and O–H groups in total. The molecule has 0 bridgehead atoms. The van der Waals surface area contributed by atoms with E-state index in [2.05, 4.69) is 26.9 Å². The SMILES string of the molecule is CCCn1c(N)c(C(c2ccc(C(=O)OC)cc2)N2CCN(c3ccccc3)CC2)c(=O)[nH]c1=O. The third kappa shape index (κ3) is 5.00. The lowest BCUT2D eigenvalue weighted by Crippen LogP contribution is -2.49. The highest BCUT2D eigenvalue weighted by Crippen LogP contribution is 2.31. The second-order valence-corrected chi connectivity index (χ2v) is 8.58. The lowest BCUT2D eigenvalue weighted by molar-refractivity contribution is 0.0600. The first-order valence-corrected chi connectivity index (χ1v) is 11.8. The fraction of sp³-hybridized carbons (Fsp3) is 0.346. The molecule has 1 aromatic heterocycles. The molecule has 4 rings (SSSR count). The highest BCUT2D eigenvalue weighted by atomic mass is 16.5. The standard InChI is InChI=1S/C26H31N5O4/c1-3-13-31-23(27)21(24(32)28-26(31)34)22(18-9-11-19(12-10-18)25(33)35-2)30-16-14-29(15-17-30)20-7-5-4-6-8-20/h4-12,22H,3,13-17,27H2,1-2H3,(H,28,32,34). The third-order valence-electron chi connectivity index (χ3n) is 6.45. The maximum absolute atomic E-state index is 13.1. The maximum Gasteiger partial charge on any atom is 0.337 e. The average Bonchev–Trinajstić information content (AvgIpc) is 2.89. The molecule has 9 heteroatoms. The van der Waals surface area contributed by atoms with E-state index in [0.717, 1.165) is 24.3 Å². The summed E-state index contributed by atoms with van der Waals surface area (Å²) in [4.78, 5) is 44.5. The Labute approximate surface area is 203 Å². The molecule has 0 spiro atoms. The van der Waals surface area contributed by atoms with Gasteiger partial charge in [0, 0.05) is 38.4 Å². The molecular formula is C26H31N5O4. The van der Waals surface area contributed by atoms with E-state index in [0.29, 0.717) is 37.2 Å². The van der Waals surface area contributed by atoms with Crippen LogP contribution in [0.25, 0.3) is 0 Å². The van der Waals surface area contributed by atoms with Crippen LogP contribution in [0, 0.1) is 0 Å². The normalized spacial score (nSPS) is 15.1. The fourth-order valence-corrected chi connectivity index (χ4v) is 4.67. The van der Waals surface area contributed by atoms with E-state index < -0.39 is 23.3 Å². The van der Waals surface area contributed by atoms with Crippen molar-refractivity contribution >= 4 is 17.5 Å². The zero-order chi connectivity index (χ0) is 24.9. The molecule has 2 heterocycles. The highest BCUT2D eigenvalue weighted by molar-refractivity contribution is 5.89. The van der Waals surface area contributed by atoms with Crippen LogP contribution in [-0.2, 0) is 11.3 Å². The lowest BCUT2D eigenvalue weighted by atomic mass is 9.96. The molecule has 0 saturated carbocycles. The Bertz CT molecular complexity index is 1280. The van der Waals surface area contributed by atoms with Gasteiger partial charge in [-0.15, -0.1) is 0 Å². The van der Waals surface area contributed by atoms with Gasteiger partial charge >= 0.3 is 11.7 Å². The predicted octanol–water partition coefficient (Wildman–Crippen LogP) is 2.23. The van der Waals surface area contributed by atoms with Crippen LogP contribution in [0.2, 0.25) is 0 Å². The molecule has 9 nitrogen and oxygen atoms in total. The number of aromatic amines is 1. The first-order chi connectivity index (χ1) is 16.9. The summed E-state index contributed by atoms with van der Waals surface area (Å²) in [5.41, 5.74) is 8.19. The van der Waals surface area contributed by atoms with E-state index in [1.165, 1.54) is 11.7 Å². The van der Waals surface area contributed by atoms with Gasteiger partial charge in [0.05, 0.1) is 24.3 Å².